The predicted octanol–water partition coefficient (Wildman–Crippen LogP) is 3.91. The van der Waals surface area contributed by atoms with Gasteiger partial charge in [-0.05, 0) is 41.5 Å². The number of carbonyl (C=O) groups is 1. The number of hydrogen-bond donors (Lipinski definition) is 1. The Kier molecular flexibility index (Phi) is 5.75. The lowest BCUT2D eigenvalue weighted by Crippen LogP contribution is -2.37. The lowest BCUT2D eigenvalue weighted by atomic mass is 9.95. The highest BCUT2D eigenvalue weighted by atomic mass is 127. The van der Waals surface area contributed by atoms with Crippen LogP contribution < -0.4 is 5.32 Å². The molecule has 1 atom stereocenters. The summed E-state index contributed by atoms with van der Waals surface area (Å²) in [6, 6.07) is 2.18. The Labute approximate surface area is 115 Å². The van der Waals surface area contributed by atoms with Crippen LogP contribution in [-0.4, -0.2) is 11.9 Å². The third-order valence-electron chi connectivity index (χ3n) is 2.94. The van der Waals surface area contributed by atoms with Gasteiger partial charge in [0.1, 0.15) is 0 Å². The Morgan fingerprint density at radius 1 is 1.50 bits per heavy atom. The standard InChI is InChI=1S/C12H18INOS/c1-4-9(5-2)8(3)14-12(15)10-6-11(13)16-7-10/h6-9H,4-5H2,1-3H3,(H,14,15). The van der Waals surface area contributed by atoms with Crippen molar-refractivity contribution in [1.82, 2.24) is 5.32 Å². The number of amides is 1. The molecule has 0 aliphatic carbocycles. The number of carbonyl (C=O) groups excluding carboxylic acids is 1. The van der Waals surface area contributed by atoms with E-state index >= 15 is 0 Å². The molecule has 4 heteroatoms. The first kappa shape index (κ1) is 14.0. The molecule has 0 aliphatic heterocycles. The predicted molar refractivity (Wildman–Crippen MR) is 78.0 cm³/mol. The van der Waals surface area contributed by atoms with Gasteiger partial charge >= 0.3 is 0 Å². The largest absolute Gasteiger partial charge is 0.349 e. The van der Waals surface area contributed by atoms with E-state index in [-0.39, 0.29) is 11.9 Å². The Morgan fingerprint density at radius 3 is 2.56 bits per heavy atom. The van der Waals surface area contributed by atoms with E-state index < -0.39 is 0 Å². The van der Waals surface area contributed by atoms with Crippen molar-refractivity contribution in [3.8, 4) is 0 Å². The summed E-state index contributed by atoms with van der Waals surface area (Å²) in [4.78, 5) is 11.9. The van der Waals surface area contributed by atoms with Crippen molar-refractivity contribution in [3.63, 3.8) is 0 Å². The second kappa shape index (κ2) is 6.59. The lowest BCUT2D eigenvalue weighted by molar-refractivity contribution is 0.0925. The third kappa shape index (κ3) is 3.73. The van der Waals surface area contributed by atoms with Gasteiger partial charge in [-0.1, -0.05) is 26.7 Å². The molecule has 0 radical (unpaired) electrons. The third-order valence-corrected chi connectivity index (χ3v) is 4.73. The van der Waals surface area contributed by atoms with Crippen molar-refractivity contribution in [2.75, 3.05) is 0 Å². The molecule has 1 N–H and O–H groups in total. The van der Waals surface area contributed by atoms with Gasteiger partial charge in [-0.3, -0.25) is 4.79 Å². The van der Waals surface area contributed by atoms with Crippen molar-refractivity contribution >= 4 is 39.8 Å². The monoisotopic (exact) mass is 351 g/mol. The molecule has 1 aromatic rings. The Morgan fingerprint density at radius 2 is 2.12 bits per heavy atom. The maximum atomic E-state index is 11.9. The first-order valence-corrected chi connectivity index (χ1v) is 7.59. The molecule has 1 rings (SSSR count). The molecule has 90 valence electrons. The van der Waals surface area contributed by atoms with E-state index in [0.29, 0.717) is 5.92 Å². The van der Waals surface area contributed by atoms with E-state index in [1.807, 2.05) is 11.4 Å². The second-order valence-electron chi connectivity index (χ2n) is 3.98. The second-order valence-corrected chi connectivity index (χ2v) is 6.78. The molecule has 1 aromatic heterocycles. The molecular weight excluding hydrogens is 333 g/mol. The van der Waals surface area contributed by atoms with Crippen LogP contribution in [0.2, 0.25) is 0 Å². The van der Waals surface area contributed by atoms with E-state index in [1.165, 1.54) is 0 Å². The molecule has 1 unspecified atom stereocenters. The minimum Gasteiger partial charge on any atom is -0.349 e. The highest BCUT2D eigenvalue weighted by molar-refractivity contribution is 14.1. The van der Waals surface area contributed by atoms with Crippen LogP contribution in [0.3, 0.4) is 0 Å². The zero-order chi connectivity index (χ0) is 12.1. The molecule has 0 aromatic carbocycles. The molecule has 1 amide bonds. The first-order chi connectivity index (χ1) is 7.58. The maximum absolute atomic E-state index is 11.9. The number of thiophene rings is 1. The molecule has 0 saturated carbocycles. The molecule has 0 saturated heterocycles. The lowest BCUT2D eigenvalue weighted by Gasteiger charge is -2.22. The summed E-state index contributed by atoms with van der Waals surface area (Å²) in [5.74, 6) is 0.625. The first-order valence-electron chi connectivity index (χ1n) is 5.63. The van der Waals surface area contributed by atoms with Crippen LogP contribution in [0.5, 0.6) is 0 Å². The topological polar surface area (TPSA) is 29.1 Å². The summed E-state index contributed by atoms with van der Waals surface area (Å²) in [5.41, 5.74) is 0.784. The van der Waals surface area contributed by atoms with E-state index in [9.17, 15) is 4.79 Å². The highest BCUT2D eigenvalue weighted by Gasteiger charge is 2.17. The fraction of sp³-hybridized carbons (Fsp3) is 0.583. The minimum absolute atomic E-state index is 0.0542. The normalized spacial score (nSPS) is 12.8. The summed E-state index contributed by atoms with van der Waals surface area (Å²) >= 11 is 3.84. The summed E-state index contributed by atoms with van der Waals surface area (Å²) < 4.78 is 1.15. The molecular formula is C12H18INOS. The van der Waals surface area contributed by atoms with Gasteiger partial charge in [0.05, 0.1) is 8.45 Å². The Balaban J connectivity index is 2.57. The van der Waals surface area contributed by atoms with Crippen molar-refractivity contribution in [2.24, 2.45) is 5.92 Å². The average molecular weight is 351 g/mol. The fourth-order valence-corrected chi connectivity index (χ4v) is 3.16. The number of rotatable bonds is 5. The van der Waals surface area contributed by atoms with Gasteiger partial charge in [-0.2, -0.15) is 0 Å². The SMILES string of the molecule is CCC(CC)C(C)NC(=O)c1csc(I)c1. The quantitative estimate of drug-likeness (QED) is 0.801. The molecule has 0 aliphatic rings. The number of nitrogens with one attached hydrogen (secondary N) is 1. The van der Waals surface area contributed by atoms with Crippen LogP contribution in [0.25, 0.3) is 0 Å². The molecule has 16 heavy (non-hydrogen) atoms. The van der Waals surface area contributed by atoms with Crippen molar-refractivity contribution < 1.29 is 4.79 Å². The van der Waals surface area contributed by atoms with Crippen molar-refractivity contribution in [1.29, 1.82) is 0 Å². The van der Waals surface area contributed by atoms with E-state index in [1.54, 1.807) is 11.3 Å². The number of hydrogen-bond acceptors (Lipinski definition) is 2. The Hall–Kier alpha value is -0.100. The molecule has 2 nitrogen and oxygen atoms in total. The zero-order valence-corrected chi connectivity index (χ0v) is 12.9. The van der Waals surface area contributed by atoms with E-state index in [2.05, 4.69) is 48.7 Å². The van der Waals surface area contributed by atoms with Gasteiger partial charge in [-0.25, -0.2) is 0 Å². The average Bonchev–Trinajstić information content (AvgIpc) is 2.66. The molecule has 0 spiro atoms. The zero-order valence-electron chi connectivity index (χ0n) is 9.92. The van der Waals surface area contributed by atoms with Gasteiger partial charge in [0, 0.05) is 11.4 Å². The smallest absolute Gasteiger partial charge is 0.252 e. The summed E-state index contributed by atoms with van der Waals surface area (Å²) in [5, 5.41) is 4.99. The van der Waals surface area contributed by atoms with Gasteiger partial charge in [0.25, 0.3) is 5.91 Å². The summed E-state index contributed by atoms with van der Waals surface area (Å²) in [6.07, 6.45) is 2.22. The van der Waals surface area contributed by atoms with Crippen molar-refractivity contribution in [3.05, 3.63) is 19.9 Å². The molecule has 1 heterocycles. The van der Waals surface area contributed by atoms with E-state index in [4.69, 9.17) is 0 Å². The van der Waals surface area contributed by atoms with Crippen LogP contribution in [-0.2, 0) is 0 Å². The fourth-order valence-electron chi connectivity index (χ4n) is 1.83. The maximum Gasteiger partial charge on any atom is 0.252 e. The highest BCUT2D eigenvalue weighted by Crippen LogP contribution is 2.18. The van der Waals surface area contributed by atoms with Gasteiger partial charge in [-0.15, -0.1) is 11.3 Å². The minimum atomic E-state index is 0.0542. The molecule has 0 fully saturated rings. The van der Waals surface area contributed by atoms with Crippen molar-refractivity contribution in [2.45, 2.75) is 39.7 Å². The van der Waals surface area contributed by atoms with E-state index in [0.717, 1.165) is 21.3 Å². The van der Waals surface area contributed by atoms with Crippen LogP contribution in [0.4, 0.5) is 0 Å². The van der Waals surface area contributed by atoms with Crippen LogP contribution in [0.1, 0.15) is 44.0 Å². The van der Waals surface area contributed by atoms with Gasteiger partial charge in [0.15, 0.2) is 0 Å². The van der Waals surface area contributed by atoms with Crippen LogP contribution in [0.15, 0.2) is 11.4 Å². The number of halogens is 1. The van der Waals surface area contributed by atoms with Gasteiger partial charge < -0.3 is 5.32 Å². The van der Waals surface area contributed by atoms with Gasteiger partial charge in [0.2, 0.25) is 0 Å². The molecule has 0 bridgehead atoms. The summed E-state index contributed by atoms with van der Waals surface area (Å²) in [7, 11) is 0. The van der Waals surface area contributed by atoms with Crippen LogP contribution in [0, 0.1) is 8.80 Å². The summed E-state index contributed by atoms with van der Waals surface area (Å²) in [6.45, 7) is 6.43. The Bertz CT molecular complexity index is 347. The van der Waals surface area contributed by atoms with Crippen LogP contribution >= 0.6 is 33.9 Å².